The van der Waals surface area contributed by atoms with E-state index in [1.54, 1.807) is 0 Å². The molecule has 0 amide bonds. The Bertz CT molecular complexity index is 1270. The van der Waals surface area contributed by atoms with Gasteiger partial charge >= 0.3 is 0 Å². The molecule has 2 aliphatic rings. The van der Waals surface area contributed by atoms with Gasteiger partial charge in [0.15, 0.2) is 0 Å². The lowest BCUT2D eigenvalue weighted by Gasteiger charge is -2.37. The number of fused-ring (bicyclic) bond motifs is 3. The molecule has 7 nitrogen and oxygen atoms in total. The summed E-state index contributed by atoms with van der Waals surface area (Å²) in [6.07, 6.45) is 1.88. The molecular weight excluding hydrogens is 424 g/mol. The number of hydrogen-bond acceptors (Lipinski definition) is 6. The Morgan fingerprint density at radius 2 is 1.79 bits per heavy atom. The first-order valence-electron chi connectivity index (χ1n) is 12.4. The molecule has 1 atom stereocenters. The van der Waals surface area contributed by atoms with E-state index in [9.17, 15) is 5.11 Å². The van der Waals surface area contributed by atoms with E-state index >= 15 is 0 Å². The summed E-state index contributed by atoms with van der Waals surface area (Å²) in [4.78, 5) is 18.2. The maximum atomic E-state index is 9.49. The number of aliphatic hydroxyl groups is 1. The molecule has 0 saturated carbocycles. The molecule has 34 heavy (non-hydrogen) atoms. The minimum Gasteiger partial charge on any atom is -0.395 e. The van der Waals surface area contributed by atoms with Crippen LogP contribution in [0.15, 0.2) is 48.5 Å². The first-order valence-corrected chi connectivity index (χ1v) is 12.4. The molecule has 1 fully saturated rings. The highest BCUT2D eigenvalue weighted by Gasteiger charge is 2.29. The summed E-state index contributed by atoms with van der Waals surface area (Å²) in [6.45, 7) is 6.68. The maximum Gasteiger partial charge on any atom is 0.108 e. The fourth-order valence-electron chi connectivity index (χ4n) is 5.61. The van der Waals surface area contributed by atoms with Crippen molar-refractivity contribution < 1.29 is 5.11 Å². The van der Waals surface area contributed by atoms with Gasteiger partial charge in [-0.05, 0) is 29.3 Å². The van der Waals surface area contributed by atoms with E-state index in [0.717, 1.165) is 81.0 Å². The molecule has 2 aliphatic heterocycles. The summed E-state index contributed by atoms with van der Waals surface area (Å²) in [5.74, 6) is 1.05. The van der Waals surface area contributed by atoms with Crippen LogP contribution in [0.5, 0.6) is 0 Å². The predicted molar refractivity (Wildman–Crippen MR) is 135 cm³/mol. The average Bonchev–Trinajstić information content (AvgIpc) is 3.29. The molecular formula is C27H32N6O. The monoisotopic (exact) mass is 456 g/mol. The second kappa shape index (κ2) is 9.43. The molecule has 4 aromatic rings. The third-order valence-corrected chi connectivity index (χ3v) is 7.30. The van der Waals surface area contributed by atoms with E-state index in [0.29, 0.717) is 0 Å². The van der Waals surface area contributed by atoms with Gasteiger partial charge in [0.25, 0.3) is 0 Å². The largest absolute Gasteiger partial charge is 0.395 e. The first-order chi connectivity index (χ1) is 16.8. The van der Waals surface area contributed by atoms with Gasteiger partial charge in [-0.3, -0.25) is 14.8 Å². The lowest BCUT2D eigenvalue weighted by atomic mass is 9.90. The fraction of sp³-hybridized carbons (Fsp3) is 0.407. The lowest BCUT2D eigenvalue weighted by Crippen LogP contribution is -2.47. The number of hydrogen-bond donors (Lipinski definition) is 3. The Kier molecular flexibility index (Phi) is 6.01. The van der Waals surface area contributed by atoms with Crippen LogP contribution >= 0.6 is 0 Å². The molecule has 6 rings (SSSR count). The van der Waals surface area contributed by atoms with Crippen molar-refractivity contribution in [3.63, 3.8) is 0 Å². The number of para-hydroxylation sites is 3. The van der Waals surface area contributed by atoms with Gasteiger partial charge in [-0.25, -0.2) is 4.98 Å². The van der Waals surface area contributed by atoms with Crippen molar-refractivity contribution in [3.8, 4) is 0 Å². The van der Waals surface area contributed by atoms with Crippen LogP contribution in [0.1, 0.15) is 28.7 Å². The number of rotatable bonds is 6. The smallest absolute Gasteiger partial charge is 0.108 e. The van der Waals surface area contributed by atoms with E-state index in [1.807, 2.05) is 12.1 Å². The van der Waals surface area contributed by atoms with E-state index in [4.69, 9.17) is 9.97 Å². The van der Waals surface area contributed by atoms with Gasteiger partial charge in [0.1, 0.15) is 5.82 Å². The zero-order valence-electron chi connectivity index (χ0n) is 19.5. The number of H-pyrrole nitrogens is 1. The number of nitrogens with one attached hydrogen (secondary N) is 2. The molecule has 0 aliphatic carbocycles. The van der Waals surface area contributed by atoms with Crippen LogP contribution in [0.4, 0.5) is 0 Å². The number of aliphatic hydroxyl groups excluding tert-OH is 1. The van der Waals surface area contributed by atoms with Crippen molar-refractivity contribution in [2.45, 2.75) is 25.4 Å². The molecule has 4 heterocycles. The Hall–Kier alpha value is -2.84. The predicted octanol–water partition coefficient (Wildman–Crippen LogP) is 2.65. The number of aromatic amines is 1. The van der Waals surface area contributed by atoms with Crippen LogP contribution in [-0.4, -0.2) is 75.7 Å². The minimum atomic E-state index is 0.206. The average molecular weight is 457 g/mol. The number of nitrogens with zero attached hydrogens (tertiary/aromatic N) is 4. The van der Waals surface area contributed by atoms with Gasteiger partial charge in [0, 0.05) is 75.8 Å². The quantitative estimate of drug-likeness (QED) is 0.414. The molecule has 7 heteroatoms. The Balaban J connectivity index is 1.28. The highest BCUT2D eigenvalue weighted by molar-refractivity contribution is 5.84. The van der Waals surface area contributed by atoms with E-state index in [-0.39, 0.29) is 12.6 Å². The number of aromatic nitrogens is 3. The highest BCUT2D eigenvalue weighted by Crippen LogP contribution is 2.33. The number of benzene rings is 2. The van der Waals surface area contributed by atoms with Crippen LogP contribution in [0, 0.1) is 0 Å². The highest BCUT2D eigenvalue weighted by atomic mass is 16.3. The number of piperazine rings is 1. The summed E-state index contributed by atoms with van der Waals surface area (Å²) in [6, 6.07) is 17.0. The summed E-state index contributed by atoms with van der Waals surface area (Å²) in [5.41, 5.74) is 7.27. The molecule has 2 aromatic heterocycles. The molecule has 1 unspecified atom stereocenters. The van der Waals surface area contributed by atoms with Gasteiger partial charge in [-0.15, -0.1) is 0 Å². The zero-order valence-corrected chi connectivity index (χ0v) is 19.5. The molecule has 176 valence electrons. The normalized spacial score (nSPS) is 19.6. The van der Waals surface area contributed by atoms with Gasteiger partial charge in [0.2, 0.25) is 0 Å². The molecule has 0 radical (unpaired) electrons. The Labute approximate surface area is 199 Å². The van der Waals surface area contributed by atoms with E-state index in [2.05, 4.69) is 56.5 Å². The van der Waals surface area contributed by atoms with Crippen molar-refractivity contribution >= 4 is 21.9 Å². The second-order valence-electron chi connectivity index (χ2n) is 9.48. The summed E-state index contributed by atoms with van der Waals surface area (Å²) < 4.78 is 0. The third-order valence-electron chi connectivity index (χ3n) is 7.30. The van der Waals surface area contributed by atoms with Crippen LogP contribution in [0.2, 0.25) is 0 Å². The van der Waals surface area contributed by atoms with Crippen molar-refractivity contribution in [1.82, 2.24) is 30.1 Å². The van der Waals surface area contributed by atoms with Crippen molar-refractivity contribution in [2.24, 2.45) is 0 Å². The maximum absolute atomic E-state index is 9.49. The fourth-order valence-corrected chi connectivity index (χ4v) is 5.61. The SMILES string of the molecule is OCCN1CCNC(c2c3c(nc4ccccc24)CCN(CCc2nc4ccccc4[nH]2)C3)C1. The number of β-amino-alcohol motifs (C(OH)–C–C–N with tert-alkyl or cyclic N) is 1. The third kappa shape index (κ3) is 4.20. The van der Waals surface area contributed by atoms with Crippen molar-refractivity contribution in [1.29, 1.82) is 0 Å². The van der Waals surface area contributed by atoms with Gasteiger partial charge in [-0.1, -0.05) is 30.3 Å². The van der Waals surface area contributed by atoms with Crippen LogP contribution < -0.4 is 5.32 Å². The molecule has 0 bridgehead atoms. The van der Waals surface area contributed by atoms with E-state index < -0.39 is 0 Å². The number of pyridine rings is 1. The van der Waals surface area contributed by atoms with E-state index in [1.165, 1.54) is 22.2 Å². The van der Waals surface area contributed by atoms with Crippen LogP contribution in [-0.2, 0) is 19.4 Å². The summed E-state index contributed by atoms with van der Waals surface area (Å²) in [7, 11) is 0. The molecule has 1 saturated heterocycles. The number of imidazole rings is 1. The summed E-state index contributed by atoms with van der Waals surface area (Å²) in [5, 5.41) is 14.5. The summed E-state index contributed by atoms with van der Waals surface area (Å²) >= 11 is 0. The Morgan fingerprint density at radius 3 is 2.68 bits per heavy atom. The van der Waals surface area contributed by atoms with Gasteiger partial charge in [-0.2, -0.15) is 0 Å². The standard InChI is InChI=1S/C27H32N6O/c34-16-15-33-14-11-28-25(18-33)27-19-5-1-2-6-21(19)29-22-9-12-32(17-20(22)27)13-10-26-30-23-7-3-4-8-24(23)31-26/h1-8,25,28,34H,9-18H2,(H,30,31). The first kappa shape index (κ1) is 21.7. The van der Waals surface area contributed by atoms with Crippen molar-refractivity contribution in [3.05, 3.63) is 71.2 Å². The molecule has 2 aromatic carbocycles. The van der Waals surface area contributed by atoms with Crippen molar-refractivity contribution in [2.75, 3.05) is 45.9 Å². The van der Waals surface area contributed by atoms with Gasteiger partial charge < -0.3 is 15.4 Å². The van der Waals surface area contributed by atoms with Gasteiger partial charge in [0.05, 0.1) is 23.2 Å². The molecule has 0 spiro atoms. The molecule has 3 N–H and O–H groups in total. The second-order valence-corrected chi connectivity index (χ2v) is 9.48. The lowest BCUT2D eigenvalue weighted by molar-refractivity contribution is 0.157. The topological polar surface area (TPSA) is 80.3 Å². The zero-order chi connectivity index (χ0) is 22.9. The Morgan fingerprint density at radius 1 is 0.941 bits per heavy atom. The van der Waals surface area contributed by atoms with Crippen LogP contribution in [0.3, 0.4) is 0 Å². The van der Waals surface area contributed by atoms with Crippen LogP contribution in [0.25, 0.3) is 21.9 Å². The minimum absolute atomic E-state index is 0.206.